The fourth-order valence-corrected chi connectivity index (χ4v) is 19.0. The maximum atomic E-state index is 6.22. The van der Waals surface area contributed by atoms with Crippen LogP contribution in [0.1, 0.15) is 177 Å². The monoisotopic (exact) mass is 1350 g/mol. The molecule has 0 amide bonds. The zero-order valence-electron chi connectivity index (χ0n) is 69.6. The van der Waals surface area contributed by atoms with Gasteiger partial charge in [0.2, 0.25) is 0 Å². The van der Waals surface area contributed by atoms with Crippen LogP contribution in [0.5, 0.6) is 0 Å². The lowest BCUT2D eigenvalue weighted by molar-refractivity contribution is 0.553. The Balaban J connectivity index is 1.93. The van der Waals surface area contributed by atoms with Gasteiger partial charge in [-0.15, -0.1) is 36.1 Å². The minimum Gasteiger partial charge on any atom is -0.131 e. The third kappa shape index (κ3) is 15.0. The number of rotatable bonds is 12. The zero-order valence-corrected chi connectivity index (χ0v) is 69.6. The van der Waals surface area contributed by atoms with E-state index in [2.05, 4.69) is 350 Å². The molecule has 4 unspecified atom stereocenters. The first-order chi connectivity index (χ1) is 50.9. The molecule has 0 aromatic heterocycles. The van der Waals surface area contributed by atoms with E-state index < -0.39 is 0 Å². The molecule has 8 rings (SSSR count). The van der Waals surface area contributed by atoms with Gasteiger partial charge in [-0.05, 0) is 332 Å². The lowest BCUT2D eigenvalue weighted by Crippen LogP contribution is -2.62. The van der Waals surface area contributed by atoms with Crippen molar-refractivity contribution in [3.63, 3.8) is 0 Å². The molecular formula is C85H84B22. The Bertz CT molecular complexity index is 5920. The third-order valence-electron chi connectivity index (χ3n) is 24.6. The van der Waals surface area contributed by atoms with Crippen molar-refractivity contribution in [1.29, 1.82) is 0 Å². The normalized spacial score (nSPS) is 13.7. The SMILES string of the molecule is BBB(B)B(B(B)B)C1=C(B(B(B)B)B(B)B)C(B(BB)B(B)B)C(C)c2c1c(B)c(C)c(C)c2C1=C(C)C(C)C(C)c2c1c(C)c1c(C)c(C)c(C)c(C)c1c2-c1c(C)c2c(C)c(C)c(C#CC)c(C#CC#C)c2c2c(C#CC#CC)c(C#CC#CC#C)c(C#CC#CC#CC)c(C#CC#CC#CC#C)c12. The van der Waals surface area contributed by atoms with Gasteiger partial charge in [0.25, 0.3) is 0 Å². The van der Waals surface area contributed by atoms with Gasteiger partial charge in [-0.1, -0.05) is 90.6 Å². The van der Waals surface area contributed by atoms with Crippen molar-refractivity contribution in [2.75, 3.05) is 0 Å². The highest BCUT2D eigenvalue weighted by Gasteiger charge is 2.50. The van der Waals surface area contributed by atoms with E-state index in [1.54, 1.807) is 24.8 Å². The van der Waals surface area contributed by atoms with Crippen molar-refractivity contribution in [3.8, 4) is 190 Å². The predicted octanol–water partition coefficient (Wildman–Crippen LogP) is -0.380. The molecule has 0 aliphatic heterocycles. The van der Waals surface area contributed by atoms with Crippen LogP contribution in [0.3, 0.4) is 0 Å². The highest BCUT2D eigenvalue weighted by atomic mass is 14.4. The van der Waals surface area contributed by atoms with E-state index in [0.717, 1.165) is 69.0 Å². The summed E-state index contributed by atoms with van der Waals surface area (Å²) in [6.07, 6.45) is 19.8. The van der Waals surface area contributed by atoms with E-state index in [0.29, 0.717) is 85.0 Å². The molecular weight excluding hydrogens is 1260 g/mol. The molecule has 0 fully saturated rings. The Morgan fingerprint density at radius 2 is 0.757 bits per heavy atom. The average Bonchev–Trinajstić information content (AvgIpc) is 0.682. The van der Waals surface area contributed by atoms with Crippen molar-refractivity contribution in [2.24, 2.45) is 5.92 Å². The second-order valence-electron chi connectivity index (χ2n) is 31.2. The second kappa shape index (κ2) is 35.4. The molecule has 0 bridgehead atoms. The number of hydrogen-bond acceptors (Lipinski definition) is 0. The molecule has 0 saturated carbocycles. The van der Waals surface area contributed by atoms with Crippen LogP contribution in [0.25, 0.3) is 54.5 Å². The summed E-state index contributed by atoms with van der Waals surface area (Å²) in [6, 6.07) is 0. The second-order valence-corrected chi connectivity index (χ2v) is 31.2. The van der Waals surface area contributed by atoms with Crippen LogP contribution in [-0.2, 0) is 0 Å². The van der Waals surface area contributed by atoms with Gasteiger partial charge < -0.3 is 0 Å². The van der Waals surface area contributed by atoms with Gasteiger partial charge in [-0.25, -0.2) is 0 Å². The maximum absolute atomic E-state index is 6.22. The molecule has 0 spiro atoms. The number of benzene rings is 6. The zero-order chi connectivity index (χ0) is 79.1. The van der Waals surface area contributed by atoms with E-state index in [1.807, 2.05) is 6.92 Å². The Hall–Kier alpha value is -9.59. The van der Waals surface area contributed by atoms with Gasteiger partial charge in [0, 0.05) is 73.3 Å². The number of fused-ring (bicyclic) bond motifs is 6. The van der Waals surface area contributed by atoms with Gasteiger partial charge in [0.15, 0.2) is 0 Å². The largest absolute Gasteiger partial charge is 0.140 e. The fraction of sp³-hybridized carbons (Fsp3) is 0.247. The number of hydrogen-bond donors (Lipinski definition) is 0. The van der Waals surface area contributed by atoms with Gasteiger partial charge in [-0.3, -0.25) is 0 Å². The molecule has 6 aromatic rings. The molecule has 0 heterocycles. The van der Waals surface area contributed by atoms with E-state index in [-0.39, 0.29) is 17.8 Å². The first-order valence-electron chi connectivity index (χ1n) is 38.4. The number of terminal acetylenes is 3. The molecule has 6 aromatic carbocycles. The van der Waals surface area contributed by atoms with Gasteiger partial charge in [0.05, 0.1) is 127 Å². The van der Waals surface area contributed by atoms with Crippen molar-refractivity contribution >= 4 is 207 Å². The fourth-order valence-electron chi connectivity index (χ4n) is 19.0. The summed E-state index contributed by atoms with van der Waals surface area (Å²) in [6.45, 7) is 39.9. The highest BCUT2D eigenvalue weighted by molar-refractivity contribution is 7.89. The number of allylic oxidation sites excluding steroid dienone is 2. The van der Waals surface area contributed by atoms with E-state index in [1.165, 1.54) is 94.1 Å². The van der Waals surface area contributed by atoms with Crippen LogP contribution in [0.2, 0.25) is 5.82 Å². The topological polar surface area (TPSA) is 0 Å². The van der Waals surface area contributed by atoms with Gasteiger partial charge in [-0.2, -0.15) is 0 Å². The molecule has 0 nitrogen and oxygen atoms in total. The van der Waals surface area contributed by atoms with Crippen molar-refractivity contribution in [1.82, 2.24) is 0 Å². The van der Waals surface area contributed by atoms with Crippen LogP contribution in [0.15, 0.2) is 11.0 Å². The molecule has 2 aliphatic carbocycles. The summed E-state index contributed by atoms with van der Waals surface area (Å²) in [7, 11) is 32.1. The molecule has 4 atom stereocenters. The summed E-state index contributed by atoms with van der Waals surface area (Å²) >= 11 is 0. The number of aryl methyl sites for hydroxylation is 5. The van der Waals surface area contributed by atoms with Gasteiger partial charge in [0.1, 0.15) is 7.85 Å². The molecule has 490 valence electrons. The molecule has 22 heteroatoms. The molecule has 0 saturated heterocycles. The quantitative estimate of drug-likeness (QED) is 0.0893. The van der Waals surface area contributed by atoms with Crippen LogP contribution < -0.4 is 5.46 Å². The summed E-state index contributed by atoms with van der Waals surface area (Å²) in [5, 5.41) is 5.67. The van der Waals surface area contributed by atoms with Crippen LogP contribution in [0, 0.1) is 254 Å². The van der Waals surface area contributed by atoms with Crippen LogP contribution in [-0.4, -0.2) is 158 Å². The maximum Gasteiger partial charge on any atom is 0.140 e. The van der Waals surface area contributed by atoms with Crippen molar-refractivity contribution < 1.29 is 0 Å². The highest BCUT2D eigenvalue weighted by Crippen LogP contribution is 2.60. The molecule has 2 aliphatic rings. The molecule has 0 radical (unpaired) electrons. The lowest BCUT2D eigenvalue weighted by Gasteiger charge is -2.50. The van der Waals surface area contributed by atoms with Gasteiger partial charge >= 0.3 is 0 Å². The van der Waals surface area contributed by atoms with Crippen molar-refractivity contribution in [2.45, 2.75) is 135 Å². The van der Waals surface area contributed by atoms with Crippen LogP contribution in [0.4, 0.5) is 0 Å². The standard InChI is InChI=1S/C85H84B22/c1-21-27-32-35-37-41-47-66-63(45-40-36-33-28-22-2)64(44-39-34-29-23-3)67(46-38-30-24-4)79-77-65(43-31-25-5)62(42-26-6)51(10)56(15)69(77)60(19)75(78(66)79)80-70-53(12)49(8)48(7)52(11)68(70)59(18)74-71(54(13)50(9)55(14)73(74)80)72-57(16)58(17)82(86)81-76(72)61(20)83(100(98-87)103(89)90)85(101(104(91)92)105(93)94)84(81)102(106(95)96)107(97)99-88/h1,3,5,50,55,61,83,98-99H,86-97H2,2,4,6-20H3. The summed E-state index contributed by atoms with van der Waals surface area (Å²) < 4.78 is 0. The van der Waals surface area contributed by atoms with E-state index in [4.69, 9.17) is 19.3 Å². The first kappa shape index (κ1) is 83.1. The average molecular weight is 1340 g/mol. The molecule has 0 N–H and O–H groups in total. The lowest BCUT2D eigenvalue weighted by atomic mass is 8.66. The smallest absolute Gasteiger partial charge is 0.131 e. The first-order valence-corrected chi connectivity index (χ1v) is 38.4. The molecule has 107 heavy (non-hydrogen) atoms. The summed E-state index contributed by atoms with van der Waals surface area (Å²) in [5.74, 6) is 83.7. The minimum absolute atomic E-state index is 0.0439. The van der Waals surface area contributed by atoms with E-state index >= 15 is 0 Å². The Morgan fingerprint density at radius 1 is 0.336 bits per heavy atom. The summed E-state index contributed by atoms with van der Waals surface area (Å²) in [4.78, 5) is 0. The third-order valence-corrected chi connectivity index (χ3v) is 24.6. The predicted molar refractivity (Wildman–Crippen MR) is 521 cm³/mol. The summed E-state index contributed by atoms with van der Waals surface area (Å²) in [5.41, 5.74) is 31.9. The van der Waals surface area contributed by atoms with Crippen LogP contribution >= 0.6 is 0 Å². The minimum atomic E-state index is -0.0439. The Labute approximate surface area is 661 Å². The Morgan fingerprint density at radius 3 is 1.27 bits per heavy atom. The Kier molecular flexibility index (Phi) is 27.5. The van der Waals surface area contributed by atoms with E-state index in [9.17, 15) is 0 Å². The van der Waals surface area contributed by atoms with Crippen molar-refractivity contribution in [3.05, 3.63) is 128 Å².